The molecule has 0 aliphatic carbocycles. The van der Waals surface area contributed by atoms with Crippen molar-refractivity contribution in [1.82, 2.24) is 15.1 Å². The molecule has 0 fully saturated rings. The molecule has 28 heavy (non-hydrogen) atoms. The largest absolute Gasteiger partial charge is 0.468 e. The average molecular weight is 398 g/mol. The van der Waals surface area contributed by atoms with Crippen molar-refractivity contribution in [3.05, 3.63) is 84.1 Å². The van der Waals surface area contributed by atoms with Crippen LogP contribution in [0.2, 0.25) is 0 Å². The molecule has 3 rings (SSSR count). The Labute approximate surface area is 162 Å². The number of benzene rings is 1. The molecule has 3 aromatic rings. The third-order valence-electron chi connectivity index (χ3n) is 3.85. The molecule has 8 nitrogen and oxygen atoms in total. The van der Waals surface area contributed by atoms with E-state index in [0.29, 0.717) is 22.6 Å². The van der Waals surface area contributed by atoms with Crippen molar-refractivity contribution in [3.63, 3.8) is 0 Å². The minimum absolute atomic E-state index is 0.0674. The fourth-order valence-corrected chi connectivity index (χ4v) is 3.29. The van der Waals surface area contributed by atoms with E-state index >= 15 is 0 Å². The summed E-state index contributed by atoms with van der Waals surface area (Å²) >= 11 is 0. The fraction of sp³-hybridized carbons (Fsp3) is 0.105. The molecule has 0 unspecified atom stereocenters. The summed E-state index contributed by atoms with van der Waals surface area (Å²) in [6.45, 7) is 1.78. The van der Waals surface area contributed by atoms with Crippen LogP contribution < -0.4 is 10.1 Å². The number of sulfonamides is 1. The van der Waals surface area contributed by atoms with Crippen LogP contribution in [-0.2, 0) is 16.6 Å². The minimum Gasteiger partial charge on any atom is -0.468 e. The lowest BCUT2D eigenvalue weighted by Gasteiger charge is -2.07. The van der Waals surface area contributed by atoms with Gasteiger partial charge in [0.05, 0.1) is 29.0 Å². The normalized spacial score (nSPS) is 12.0. The SMILES string of the molecule is C/C(=N/NC(=O)c1cccnc1)c1ccc(S(=O)(=O)NCc2ccco2)cc1. The van der Waals surface area contributed by atoms with E-state index in [9.17, 15) is 13.2 Å². The molecule has 0 aliphatic heterocycles. The number of rotatable bonds is 7. The Balaban J connectivity index is 1.65. The predicted molar refractivity (Wildman–Crippen MR) is 103 cm³/mol. The van der Waals surface area contributed by atoms with Crippen molar-refractivity contribution in [2.75, 3.05) is 0 Å². The Bertz CT molecular complexity index is 1060. The number of nitrogens with one attached hydrogen (secondary N) is 2. The summed E-state index contributed by atoms with van der Waals surface area (Å²) in [6.07, 6.45) is 4.49. The van der Waals surface area contributed by atoms with Crippen molar-refractivity contribution < 1.29 is 17.6 Å². The van der Waals surface area contributed by atoms with Crippen LogP contribution in [0, 0.1) is 0 Å². The Morgan fingerprint density at radius 3 is 2.54 bits per heavy atom. The Hall–Kier alpha value is -3.30. The number of hydrazone groups is 1. The second kappa shape index (κ2) is 8.59. The number of pyridine rings is 1. The number of amides is 1. The topological polar surface area (TPSA) is 114 Å². The van der Waals surface area contributed by atoms with Gasteiger partial charge in [-0.05, 0) is 48.9 Å². The lowest BCUT2D eigenvalue weighted by atomic mass is 10.1. The van der Waals surface area contributed by atoms with Gasteiger partial charge in [0.1, 0.15) is 5.76 Å². The summed E-state index contributed by atoms with van der Waals surface area (Å²) in [6, 6.07) is 12.8. The van der Waals surface area contributed by atoms with E-state index in [-0.39, 0.29) is 17.3 Å². The van der Waals surface area contributed by atoms with E-state index in [1.54, 1.807) is 49.5 Å². The molecule has 2 N–H and O–H groups in total. The van der Waals surface area contributed by atoms with Gasteiger partial charge in [-0.3, -0.25) is 9.78 Å². The highest BCUT2D eigenvalue weighted by atomic mass is 32.2. The first-order chi connectivity index (χ1) is 13.5. The smallest absolute Gasteiger partial charge is 0.272 e. The van der Waals surface area contributed by atoms with Crippen LogP contribution in [0.3, 0.4) is 0 Å². The van der Waals surface area contributed by atoms with Crippen LogP contribution in [0.4, 0.5) is 0 Å². The van der Waals surface area contributed by atoms with Gasteiger partial charge in [0.2, 0.25) is 10.0 Å². The van der Waals surface area contributed by atoms with Gasteiger partial charge in [0, 0.05) is 12.4 Å². The van der Waals surface area contributed by atoms with E-state index in [2.05, 4.69) is 20.2 Å². The van der Waals surface area contributed by atoms with Crippen molar-refractivity contribution in [1.29, 1.82) is 0 Å². The predicted octanol–water partition coefficient (Wildman–Crippen LogP) is 2.31. The highest BCUT2D eigenvalue weighted by molar-refractivity contribution is 7.89. The lowest BCUT2D eigenvalue weighted by Crippen LogP contribution is -2.23. The van der Waals surface area contributed by atoms with Gasteiger partial charge in [-0.25, -0.2) is 18.6 Å². The Morgan fingerprint density at radius 1 is 1.11 bits per heavy atom. The molecule has 1 amide bonds. The molecule has 0 spiro atoms. The van der Waals surface area contributed by atoms with E-state index < -0.39 is 10.0 Å². The molecular formula is C19H18N4O4S. The van der Waals surface area contributed by atoms with Crippen molar-refractivity contribution in [3.8, 4) is 0 Å². The maximum atomic E-state index is 12.3. The quantitative estimate of drug-likeness (QED) is 0.468. The van der Waals surface area contributed by atoms with Gasteiger partial charge in [0.25, 0.3) is 5.91 Å². The number of nitrogens with zero attached hydrogens (tertiary/aromatic N) is 2. The van der Waals surface area contributed by atoms with E-state index in [0.717, 1.165) is 0 Å². The van der Waals surface area contributed by atoms with Crippen LogP contribution in [-0.4, -0.2) is 25.0 Å². The van der Waals surface area contributed by atoms with Gasteiger partial charge >= 0.3 is 0 Å². The van der Waals surface area contributed by atoms with Gasteiger partial charge in [-0.2, -0.15) is 5.10 Å². The molecule has 0 saturated heterocycles. The third-order valence-corrected chi connectivity index (χ3v) is 5.26. The molecule has 0 saturated carbocycles. The number of carbonyl (C=O) groups is 1. The second-order valence-electron chi connectivity index (χ2n) is 5.81. The zero-order chi connectivity index (χ0) is 20.0. The van der Waals surface area contributed by atoms with E-state index in [1.165, 1.54) is 24.6 Å². The molecule has 2 heterocycles. The number of aromatic nitrogens is 1. The number of carbonyl (C=O) groups excluding carboxylic acids is 1. The summed E-state index contributed by atoms with van der Waals surface area (Å²) in [5.74, 6) is 0.140. The summed E-state index contributed by atoms with van der Waals surface area (Å²) in [5.41, 5.74) is 4.05. The molecule has 2 aromatic heterocycles. The first-order valence-corrected chi connectivity index (χ1v) is 9.81. The molecule has 0 radical (unpaired) electrons. The standard InChI is InChI=1S/C19H18N4O4S/c1-14(22-23-19(24)16-4-2-10-20-12-16)15-6-8-18(9-7-15)28(25,26)21-13-17-5-3-11-27-17/h2-12,21H,13H2,1H3,(H,23,24)/b22-14-. The molecule has 9 heteroatoms. The number of hydrogen-bond donors (Lipinski definition) is 2. The summed E-state index contributed by atoms with van der Waals surface area (Å²) in [4.78, 5) is 16.0. The van der Waals surface area contributed by atoms with E-state index in [1.807, 2.05) is 0 Å². The van der Waals surface area contributed by atoms with Gasteiger partial charge in [0.15, 0.2) is 0 Å². The van der Waals surface area contributed by atoms with Crippen LogP contribution in [0.15, 0.2) is 81.6 Å². The van der Waals surface area contributed by atoms with Crippen molar-refractivity contribution >= 4 is 21.6 Å². The Morgan fingerprint density at radius 2 is 1.89 bits per heavy atom. The monoisotopic (exact) mass is 398 g/mol. The van der Waals surface area contributed by atoms with Crippen LogP contribution >= 0.6 is 0 Å². The first-order valence-electron chi connectivity index (χ1n) is 8.33. The van der Waals surface area contributed by atoms with Crippen LogP contribution in [0.1, 0.15) is 28.6 Å². The molecule has 0 aliphatic rings. The third kappa shape index (κ3) is 4.90. The molecule has 0 bridgehead atoms. The summed E-state index contributed by atoms with van der Waals surface area (Å²) in [5, 5.41) is 4.04. The molecular weight excluding hydrogens is 380 g/mol. The second-order valence-corrected chi connectivity index (χ2v) is 7.58. The summed E-state index contributed by atoms with van der Waals surface area (Å²) < 4.78 is 32.3. The van der Waals surface area contributed by atoms with Gasteiger partial charge < -0.3 is 4.42 Å². The maximum absolute atomic E-state index is 12.3. The Kier molecular flexibility index (Phi) is 5.97. The molecule has 0 atom stereocenters. The summed E-state index contributed by atoms with van der Waals surface area (Å²) in [7, 11) is -3.67. The highest BCUT2D eigenvalue weighted by Crippen LogP contribution is 2.12. The van der Waals surface area contributed by atoms with Crippen LogP contribution in [0.25, 0.3) is 0 Å². The van der Waals surface area contributed by atoms with Crippen molar-refractivity contribution in [2.24, 2.45) is 5.10 Å². The average Bonchev–Trinajstić information content (AvgIpc) is 3.25. The van der Waals surface area contributed by atoms with Crippen molar-refractivity contribution in [2.45, 2.75) is 18.4 Å². The van der Waals surface area contributed by atoms with E-state index in [4.69, 9.17) is 4.42 Å². The van der Waals surface area contributed by atoms with Gasteiger partial charge in [-0.15, -0.1) is 0 Å². The molecule has 144 valence electrons. The number of hydrogen-bond acceptors (Lipinski definition) is 6. The fourth-order valence-electron chi connectivity index (χ4n) is 2.30. The maximum Gasteiger partial charge on any atom is 0.272 e. The lowest BCUT2D eigenvalue weighted by molar-refractivity contribution is 0.0954. The zero-order valence-corrected chi connectivity index (χ0v) is 15.8. The first kappa shape index (κ1) is 19.5. The van der Waals surface area contributed by atoms with Crippen LogP contribution in [0.5, 0.6) is 0 Å². The number of furan rings is 1. The highest BCUT2D eigenvalue weighted by Gasteiger charge is 2.14. The zero-order valence-electron chi connectivity index (χ0n) is 15.0. The van der Waals surface area contributed by atoms with Gasteiger partial charge in [-0.1, -0.05) is 12.1 Å². The molecule has 1 aromatic carbocycles. The minimum atomic E-state index is -3.67.